The Morgan fingerprint density at radius 3 is 3.00 bits per heavy atom. The van der Waals surface area contributed by atoms with Crippen molar-refractivity contribution >= 4 is 6.02 Å². The number of ether oxygens (including phenoxy) is 1. The lowest BCUT2D eigenvalue weighted by atomic mass is 9.93. The molecule has 0 aromatic heterocycles. The van der Waals surface area contributed by atoms with E-state index < -0.39 is 0 Å². The van der Waals surface area contributed by atoms with Crippen LogP contribution in [0.1, 0.15) is 25.7 Å². The lowest BCUT2D eigenvalue weighted by Gasteiger charge is -2.21. The van der Waals surface area contributed by atoms with Crippen LogP contribution in [-0.2, 0) is 4.74 Å². The average Bonchev–Trinajstić information content (AvgIpc) is 2.46. The highest BCUT2D eigenvalue weighted by Crippen LogP contribution is 2.24. The van der Waals surface area contributed by atoms with Gasteiger partial charge in [-0.05, 0) is 19.3 Å². The zero-order valence-corrected chi connectivity index (χ0v) is 6.84. The zero-order valence-electron chi connectivity index (χ0n) is 6.84. The van der Waals surface area contributed by atoms with Gasteiger partial charge in [0.05, 0.1) is 6.04 Å². The molecule has 0 aromatic rings. The molecule has 1 saturated carbocycles. The highest BCUT2D eigenvalue weighted by atomic mass is 16.5. The van der Waals surface area contributed by atoms with E-state index in [1.807, 2.05) is 0 Å². The minimum absolute atomic E-state index is 0.405. The molecule has 1 aliphatic heterocycles. The third-order valence-electron chi connectivity index (χ3n) is 2.48. The molecule has 0 unspecified atom stereocenters. The Bertz CT molecular complexity index is 163. The van der Waals surface area contributed by atoms with Crippen LogP contribution >= 0.6 is 0 Å². The van der Waals surface area contributed by atoms with Crippen molar-refractivity contribution < 1.29 is 4.74 Å². The number of nitrogens with zero attached hydrogens (tertiary/aromatic N) is 1. The van der Waals surface area contributed by atoms with E-state index in [1.165, 1.54) is 25.7 Å². The molecule has 1 saturated heterocycles. The Morgan fingerprint density at radius 2 is 2.27 bits per heavy atom. The molecular weight excluding hydrogens is 140 g/mol. The predicted octanol–water partition coefficient (Wildman–Crippen LogP) is 0.903. The average molecular weight is 154 g/mol. The van der Waals surface area contributed by atoms with Gasteiger partial charge in [0, 0.05) is 7.05 Å². The predicted molar refractivity (Wildman–Crippen MR) is 43.6 cm³/mol. The summed E-state index contributed by atoms with van der Waals surface area (Å²) in [5.41, 5.74) is 0. The van der Waals surface area contributed by atoms with Crippen molar-refractivity contribution in [2.75, 3.05) is 7.05 Å². The third kappa shape index (κ3) is 1.19. The monoisotopic (exact) mass is 154 g/mol. The van der Waals surface area contributed by atoms with Crippen LogP contribution in [-0.4, -0.2) is 25.2 Å². The van der Waals surface area contributed by atoms with Crippen molar-refractivity contribution in [3.05, 3.63) is 0 Å². The van der Waals surface area contributed by atoms with Gasteiger partial charge in [0.15, 0.2) is 0 Å². The summed E-state index contributed by atoms with van der Waals surface area (Å²) in [5.74, 6) is 0. The van der Waals surface area contributed by atoms with E-state index in [-0.39, 0.29) is 0 Å². The molecule has 2 atom stereocenters. The summed E-state index contributed by atoms with van der Waals surface area (Å²) >= 11 is 0. The van der Waals surface area contributed by atoms with Crippen LogP contribution in [0, 0.1) is 0 Å². The molecule has 2 fully saturated rings. The molecule has 0 aromatic carbocycles. The third-order valence-corrected chi connectivity index (χ3v) is 2.48. The van der Waals surface area contributed by atoms with Crippen LogP contribution in [0.3, 0.4) is 0 Å². The second-order valence-electron chi connectivity index (χ2n) is 3.22. The fourth-order valence-corrected chi connectivity index (χ4v) is 1.86. The summed E-state index contributed by atoms with van der Waals surface area (Å²) in [6, 6.07) is 1.28. The molecular formula is C8H14N2O. The van der Waals surface area contributed by atoms with E-state index in [0.29, 0.717) is 12.1 Å². The second-order valence-corrected chi connectivity index (χ2v) is 3.22. The van der Waals surface area contributed by atoms with Crippen molar-refractivity contribution in [1.82, 2.24) is 5.32 Å². The van der Waals surface area contributed by atoms with Gasteiger partial charge in [0.25, 0.3) is 6.02 Å². The highest BCUT2D eigenvalue weighted by Gasteiger charge is 2.33. The van der Waals surface area contributed by atoms with Gasteiger partial charge >= 0.3 is 0 Å². The summed E-state index contributed by atoms with van der Waals surface area (Å²) in [4.78, 5) is 4.00. The summed E-state index contributed by atoms with van der Waals surface area (Å²) in [6.45, 7) is 0. The summed E-state index contributed by atoms with van der Waals surface area (Å²) in [6.07, 6.45) is 5.47. The Morgan fingerprint density at radius 1 is 1.45 bits per heavy atom. The minimum Gasteiger partial charge on any atom is -0.460 e. The smallest absolute Gasteiger partial charge is 0.285 e. The lowest BCUT2D eigenvalue weighted by Crippen LogP contribution is -2.34. The number of nitrogens with one attached hydrogen (secondary N) is 1. The van der Waals surface area contributed by atoms with Gasteiger partial charge in [-0.15, -0.1) is 0 Å². The van der Waals surface area contributed by atoms with Gasteiger partial charge in [-0.3, -0.25) is 0 Å². The first-order chi connectivity index (χ1) is 5.40. The van der Waals surface area contributed by atoms with E-state index in [9.17, 15) is 0 Å². The topological polar surface area (TPSA) is 33.6 Å². The number of aliphatic imine (C=N–C) groups is 1. The molecule has 0 amide bonds. The van der Waals surface area contributed by atoms with E-state index in [1.54, 1.807) is 7.05 Å². The van der Waals surface area contributed by atoms with Gasteiger partial charge in [-0.2, -0.15) is 0 Å². The van der Waals surface area contributed by atoms with E-state index in [2.05, 4.69) is 10.3 Å². The fraction of sp³-hybridized carbons (Fsp3) is 0.875. The molecule has 1 aliphatic carbocycles. The molecule has 1 heterocycles. The van der Waals surface area contributed by atoms with Crippen LogP contribution in [0.2, 0.25) is 0 Å². The quantitative estimate of drug-likeness (QED) is 0.562. The van der Waals surface area contributed by atoms with Crippen molar-refractivity contribution in [3.63, 3.8) is 0 Å². The SMILES string of the molecule is CN=C1N[C@H]2CCCC[C@@H]2O1. The summed E-state index contributed by atoms with van der Waals surface area (Å²) in [7, 11) is 1.76. The Hall–Kier alpha value is -0.730. The molecule has 3 nitrogen and oxygen atoms in total. The van der Waals surface area contributed by atoms with Crippen LogP contribution in [0.15, 0.2) is 4.99 Å². The number of amidine groups is 1. The molecule has 62 valence electrons. The largest absolute Gasteiger partial charge is 0.460 e. The van der Waals surface area contributed by atoms with Gasteiger partial charge in [0.1, 0.15) is 6.10 Å². The van der Waals surface area contributed by atoms with E-state index >= 15 is 0 Å². The maximum atomic E-state index is 5.55. The molecule has 0 radical (unpaired) electrons. The van der Waals surface area contributed by atoms with Gasteiger partial charge in [-0.1, -0.05) is 6.42 Å². The Kier molecular flexibility index (Phi) is 1.72. The van der Waals surface area contributed by atoms with Crippen molar-refractivity contribution in [2.45, 2.75) is 37.8 Å². The number of fused-ring (bicyclic) bond motifs is 1. The number of rotatable bonds is 0. The molecule has 11 heavy (non-hydrogen) atoms. The van der Waals surface area contributed by atoms with Crippen LogP contribution in [0.5, 0.6) is 0 Å². The second kappa shape index (κ2) is 2.72. The summed E-state index contributed by atoms with van der Waals surface area (Å²) in [5, 5.41) is 3.27. The van der Waals surface area contributed by atoms with Gasteiger partial charge in [0.2, 0.25) is 0 Å². The van der Waals surface area contributed by atoms with Crippen LogP contribution in [0.4, 0.5) is 0 Å². The van der Waals surface area contributed by atoms with Crippen molar-refractivity contribution in [3.8, 4) is 0 Å². The maximum Gasteiger partial charge on any atom is 0.285 e. The first kappa shape index (κ1) is 6.95. The highest BCUT2D eigenvalue weighted by molar-refractivity contribution is 5.76. The van der Waals surface area contributed by atoms with Gasteiger partial charge in [-0.25, -0.2) is 4.99 Å². The first-order valence-corrected chi connectivity index (χ1v) is 4.30. The lowest BCUT2D eigenvalue weighted by molar-refractivity contribution is 0.159. The molecule has 0 spiro atoms. The molecule has 2 rings (SSSR count). The molecule has 3 heteroatoms. The molecule has 0 bridgehead atoms. The zero-order chi connectivity index (χ0) is 7.68. The number of hydrogen-bond donors (Lipinski definition) is 1. The standard InChI is InChI=1S/C8H14N2O/c1-9-8-10-6-4-2-3-5-7(6)11-8/h6-7H,2-5H2,1H3,(H,9,10)/t6-,7-/m0/s1. The number of hydrogen-bond acceptors (Lipinski definition) is 2. The van der Waals surface area contributed by atoms with E-state index in [4.69, 9.17) is 4.74 Å². The van der Waals surface area contributed by atoms with Crippen molar-refractivity contribution in [1.29, 1.82) is 0 Å². The maximum absolute atomic E-state index is 5.55. The molecule has 1 N–H and O–H groups in total. The fourth-order valence-electron chi connectivity index (χ4n) is 1.86. The minimum atomic E-state index is 0.405. The van der Waals surface area contributed by atoms with Crippen LogP contribution < -0.4 is 5.32 Å². The normalized spacial score (nSPS) is 39.5. The molecule has 2 aliphatic rings. The summed E-state index contributed by atoms with van der Waals surface area (Å²) < 4.78 is 5.55. The first-order valence-electron chi connectivity index (χ1n) is 4.30. The van der Waals surface area contributed by atoms with E-state index in [0.717, 1.165) is 6.02 Å². The van der Waals surface area contributed by atoms with Gasteiger partial charge < -0.3 is 10.1 Å². The Balaban J connectivity index is 2.03. The Labute approximate surface area is 66.8 Å². The van der Waals surface area contributed by atoms with Crippen LogP contribution in [0.25, 0.3) is 0 Å². The van der Waals surface area contributed by atoms with Crippen molar-refractivity contribution in [2.24, 2.45) is 4.99 Å².